The van der Waals surface area contributed by atoms with Crippen LogP contribution in [0.2, 0.25) is 5.02 Å². The number of ether oxygens (including phenoxy) is 3. The maximum atomic E-state index is 14.6. The molecule has 156 valence electrons. The molecule has 2 aromatic carbocycles. The first-order valence-electron chi connectivity index (χ1n) is 8.73. The van der Waals surface area contributed by atoms with Gasteiger partial charge in [0.2, 0.25) is 0 Å². The number of carbonyl (C=O) groups is 2. The zero-order valence-corrected chi connectivity index (χ0v) is 17.4. The van der Waals surface area contributed by atoms with Crippen LogP contribution in [-0.2, 0) is 9.47 Å². The van der Waals surface area contributed by atoms with Crippen LogP contribution in [0.5, 0.6) is 5.75 Å². The Balaban J connectivity index is 2.43. The number of hydrogen-bond donors (Lipinski definition) is 0. The van der Waals surface area contributed by atoms with E-state index in [2.05, 4.69) is 5.10 Å². The highest BCUT2D eigenvalue weighted by atomic mass is 35.5. The molecule has 0 fully saturated rings. The number of aromatic nitrogens is 2. The number of halogens is 2. The molecule has 0 saturated heterocycles. The van der Waals surface area contributed by atoms with Crippen molar-refractivity contribution < 1.29 is 28.2 Å². The van der Waals surface area contributed by atoms with Crippen molar-refractivity contribution in [1.82, 2.24) is 9.78 Å². The van der Waals surface area contributed by atoms with Crippen LogP contribution in [0.4, 0.5) is 4.39 Å². The summed E-state index contributed by atoms with van der Waals surface area (Å²) in [7, 11) is 3.64. The zero-order chi connectivity index (χ0) is 22.0. The van der Waals surface area contributed by atoms with Crippen molar-refractivity contribution in [2.75, 3.05) is 21.3 Å². The van der Waals surface area contributed by atoms with Gasteiger partial charge in [-0.3, -0.25) is 0 Å². The predicted molar refractivity (Wildman–Crippen MR) is 108 cm³/mol. The lowest BCUT2D eigenvalue weighted by atomic mass is 10.00. The van der Waals surface area contributed by atoms with Crippen molar-refractivity contribution in [1.29, 1.82) is 0 Å². The van der Waals surface area contributed by atoms with E-state index in [0.717, 1.165) is 6.07 Å². The number of carbonyl (C=O) groups excluding carboxylic acids is 2. The third-order valence-corrected chi connectivity index (χ3v) is 4.99. The fraction of sp³-hybridized carbons (Fsp3) is 0.190. The molecule has 3 rings (SSSR count). The topological polar surface area (TPSA) is 79.7 Å². The average molecular weight is 433 g/mol. The first kappa shape index (κ1) is 21.3. The summed E-state index contributed by atoms with van der Waals surface area (Å²) in [4.78, 5) is 25.3. The third kappa shape index (κ3) is 3.50. The van der Waals surface area contributed by atoms with Gasteiger partial charge in [-0.25, -0.2) is 18.7 Å². The van der Waals surface area contributed by atoms with Crippen LogP contribution in [0, 0.1) is 12.7 Å². The Morgan fingerprint density at radius 3 is 2.27 bits per heavy atom. The van der Waals surface area contributed by atoms with Gasteiger partial charge in [0.05, 0.1) is 32.0 Å². The zero-order valence-electron chi connectivity index (χ0n) is 16.7. The minimum absolute atomic E-state index is 0.0204. The van der Waals surface area contributed by atoms with Gasteiger partial charge in [0, 0.05) is 5.56 Å². The lowest BCUT2D eigenvalue weighted by Gasteiger charge is -2.12. The number of benzene rings is 2. The number of hydrogen-bond acceptors (Lipinski definition) is 6. The number of nitrogens with zero attached hydrogens (tertiary/aromatic N) is 2. The Bertz CT molecular complexity index is 1130. The Morgan fingerprint density at radius 2 is 1.70 bits per heavy atom. The summed E-state index contributed by atoms with van der Waals surface area (Å²) < 4.78 is 30.6. The summed E-state index contributed by atoms with van der Waals surface area (Å²) in [6.07, 6.45) is 0. The second-order valence-electron chi connectivity index (χ2n) is 6.18. The molecule has 0 N–H and O–H groups in total. The van der Waals surface area contributed by atoms with Crippen molar-refractivity contribution in [2.24, 2.45) is 0 Å². The molecule has 1 aromatic heterocycles. The van der Waals surface area contributed by atoms with E-state index in [1.165, 1.54) is 26.0 Å². The molecule has 9 heteroatoms. The Kier molecular flexibility index (Phi) is 6.07. The molecule has 0 amide bonds. The van der Waals surface area contributed by atoms with Gasteiger partial charge in [-0.2, -0.15) is 5.10 Å². The molecule has 0 bridgehead atoms. The van der Waals surface area contributed by atoms with Crippen LogP contribution in [0.1, 0.15) is 26.4 Å². The molecule has 0 radical (unpaired) electrons. The fourth-order valence-corrected chi connectivity index (χ4v) is 3.34. The molecule has 1 heterocycles. The molecule has 0 aliphatic rings. The van der Waals surface area contributed by atoms with E-state index < -0.39 is 17.8 Å². The number of para-hydroxylation sites is 1. The van der Waals surface area contributed by atoms with Crippen LogP contribution >= 0.6 is 11.6 Å². The number of rotatable bonds is 5. The van der Waals surface area contributed by atoms with Crippen LogP contribution in [0.3, 0.4) is 0 Å². The smallest absolute Gasteiger partial charge is 0.357 e. The Morgan fingerprint density at radius 1 is 1.07 bits per heavy atom. The van der Waals surface area contributed by atoms with Crippen molar-refractivity contribution in [3.05, 3.63) is 64.1 Å². The number of methoxy groups -OCH3 is 3. The van der Waals surface area contributed by atoms with Gasteiger partial charge < -0.3 is 14.2 Å². The maximum absolute atomic E-state index is 14.6. The predicted octanol–water partition coefficient (Wildman–Crippen LogP) is 4.22. The van der Waals surface area contributed by atoms with E-state index in [9.17, 15) is 14.0 Å². The largest absolute Gasteiger partial charge is 0.492 e. The van der Waals surface area contributed by atoms with Crippen LogP contribution < -0.4 is 4.74 Å². The highest BCUT2D eigenvalue weighted by Crippen LogP contribution is 2.39. The standard InChI is InChI=1S/C21H18ClFN2O5/c1-11-13(10-14(23)19(28-2)16(11)22)17-15(20(26)29-3)18(21(27)30-4)25(24-17)12-8-6-5-7-9-12/h5-10H,1-4H3. The van der Waals surface area contributed by atoms with Gasteiger partial charge in [-0.15, -0.1) is 0 Å². The highest BCUT2D eigenvalue weighted by Gasteiger charge is 2.32. The molecule has 7 nitrogen and oxygen atoms in total. The molecule has 0 aliphatic carbocycles. The third-order valence-electron chi connectivity index (χ3n) is 4.53. The van der Waals surface area contributed by atoms with Crippen LogP contribution in [0.15, 0.2) is 36.4 Å². The lowest BCUT2D eigenvalue weighted by molar-refractivity contribution is 0.0549. The molecular weight excluding hydrogens is 415 g/mol. The summed E-state index contributed by atoms with van der Waals surface area (Å²) in [6.45, 7) is 1.63. The SMILES string of the molecule is COC(=O)c1c(-c2cc(F)c(OC)c(Cl)c2C)nn(-c2ccccc2)c1C(=O)OC. The first-order chi connectivity index (χ1) is 14.3. The van der Waals surface area contributed by atoms with Crippen LogP contribution in [0.25, 0.3) is 16.9 Å². The summed E-state index contributed by atoms with van der Waals surface area (Å²) in [5, 5.41) is 4.46. The van der Waals surface area contributed by atoms with Gasteiger partial charge in [0.1, 0.15) is 11.3 Å². The Labute approximate surface area is 176 Å². The summed E-state index contributed by atoms with van der Waals surface area (Å²) in [6, 6.07) is 9.80. The normalized spacial score (nSPS) is 10.6. The molecule has 0 atom stereocenters. The van der Waals surface area contributed by atoms with Gasteiger partial charge >= 0.3 is 11.9 Å². The van der Waals surface area contributed by atoms with Gasteiger partial charge in [0.15, 0.2) is 17.3 Å². The molecule has 0 saturated carbocycles. The average Bonchev–Trinajstić information content (AvgIpc) is 3.16. The van der Waals surface area contributed by atoms with E-state index in [4.69, 9.17) is 25.8 Å². The van der Waals surface area contributed by atoms with E-state index >= 15 is 0 Å². The van der Waals surface area contributed by atoms with Gasteiger partial charge in [-0.05, 0) is 30.7 Å². The van der Waals surface area contributed by atoms with Crippen LogP contribution in [-0.4, -0.2) is 43.0 Å². The van der Waals surface area contributed by atoms with Crippen molar-refractivity contribution in [3.63, 3.8) is 0 Å². The number of esters is 2. The van der Waals surface area contributed by atoms with E-state index in [-0.39, 0.29) is 33.3 Å². The summed E-state index contributed by atoms with van der Waals surface area (Å²) in [5.41, 5.74) is 0.807. The summed E-state index contributed by atoms with van der Waals surface area (Å²) >= 11 is 6.27. The molecular formula is C21H18ClFN2O5. The monoisotopic (exact) mass is 432 g/mol. The van der Waals surface area contributed by atoms with Crippen molar-refractivity contribution in [3.8, 4) is 22.7 Å². The molecule has 0 spiro atoms. The van der Waals surface area contributed by atoms with Crippen molar-refractivity contribution >= 4 is 23.5 Å². The highest BCUT2D eigenvalue weighted by molar-refractivity contribution is 6.33. The quantitative estimate of drug-likeness (QED) is 0.561. The second-order valence-corrected chi connectivity index (χ2v) is 6.56. The molecule has 0 aliphatic heterocycles. The van der Waals surface area contributed by atoms with E-state index in [1.807, 2.05) is 0 Å². The molecule has 3 aromatic rings. The van der Waals surface area contributed by atoms with Gasteiger partial charge in [-0.1, -0.05) is 29.8 Å². The maximum Gasteiger partial charge on any atom is 0.357 e. The van der Waals surface area contributed by atoms with Crippen molar-refractivity contribution in [2.45, 2.75) is 6.92 Å². The minimum atomic E-state index is -0.834. The Hall–Kier alpha value is -3.39. The van der Waals surface area contributed by atoms with E-state index in [0.29, 0.717) is 11.3 Å². The van der Waals surface area contributed by atoms with Gasteiger partial charge in [0.25, 0.3) is 0 Å². The summed E-state index contributed by atoms with van der Waals surface area (Å²) in [5.74, 6) is -2.52. The lowest BCUT2D eigenvalue weighted by Crippen LogP contribution is -2.15. The molecule has 30 heavy (non-hydrogen) atoms. The first-order valence-corrected chi connectivity index (χ1v) is 9.11. The van der Waals surface area contributed by atoms with E-state index in [1.54, 1.807) is 37.3 Å². The second kappa shape index (κ2) is 8.54. The fourth-order valence-electron chi connectivity index (χ4n) is 3.07. The minimum Gasteiger partial charge on any atom is -0.492 e. The molecule has 0 unspecified atom stereocenters.